The molecule has 2 aromatic carbocycles. The number of hydrogen-bond acceptors (Lipinski definition) is 6. The number of methoxy groups -OCH3 is 2. The molecule has 1 amide bonds. The van der Waals surface area contributed by atoms with E-state index in [1.807, 2.05) is 34.9 Å². The van der Waals surface area contributed by atoms with Gasteiger partial charge in [0.2, 0.25) is 5.91 Å². The maximum Gasteiger partial charge on any atom is 0.241 e. The van der Waals surface area contributed by atoms with Crippen molar-refractivity contribution in [3.8, 4) is 11.5 Å². The van der Waals surface area contributed by atoms with Crippen molar-refractivity contribution in [3.05, 3.63) is 48.0 Å². The second kappa shape index (κ2) is 10.6. The smallest absolute Gasteiger partial charge is 0.241 e. The maximum absolute atomic E-state index is 13.2. The molecule has 172 valence electrons. The Labute approximate surface area is 195 Å². The summed E-state index contributed by atoms with van der Waals surface area (Å²) in [4.78, 5) is 21.2. The van der Waals surface area contributed by atoms with E-state index in [-0.39, 0.29) is 5.91 Å². The van der Waals surface area contributed by atoms with Gasteiger partial charge in [-0.15, -0.1) is 11.8 Å². The van der Waals surface area contributed by atoms with Crippen LogP contribution in [0, 0.1) is 0 Å². The molecule has 0 radical (unpaired) electrons. The van der Waals surface area contributed by atoms with Crippen molar-refractivity contribution in [3.63, 3.8) is 0 Å². The van der Waals surface area contributed by atoms with Crippen LogP contribution in [0.4, 0.5) is 5.69 Å². The average Bonchev–Trinajstić information content (AvgIpc) is 2.98. The fraction of sp³-hybridized carbons (Fsp3) is 0.480. The zero-order valence-electron chi connectivity index (χ0n) is 19.3. The Kier molecular flexibility index (Phi) is 7.60. The number of piperazine rings is 1. The minimum absolute atomic E-state index is 0.209. The van der Waals surface area contributed by atoms with E-state index >= 15 is 0 Å². The van der Waals surface area contributed by atoms with Crippen LogP contribution in [0.2, 0.25) is 0 Å². The molecule has 0 saturated carbocycles. The Morgan fingerprint density at radius 1 is 0.969 bits per heavy atom. The quantitative estimate of drug-likeness (QED) is 0.661. The number of nitrogens with zero attached hydrogens (tertiary/aromatic N) is 3. The predicted octanol–water partition coefficient (Wildman–Crippen LogP) is 3.74. The van der Waals surface area contributed by atoms with Gasteiger partial charge in [-0.25, -0.2) is 0 Å². The lowest BCUT2D eigenvalue weighted by Crippen LogP contribution is -2.50. The summed E-state index contributed by atoms with van der Waals surface area (Å²) in [7, 11) is 3.32. The SMILES string of the molecule is COc1ccc(CN2CCN(CC(=O)N3CCC(C)Sc4ccccc43)CC2)cc1OC. The van der Waals surface area contributed by atoms with Crippen molar-refractivity contribution in [2.45, 2.75) is 30.0 Å². The second-order valence-electron chi connectivity index (χ2n) is 8.47. The van der Waals surface area contributed by atoms with Gasteiger partial charge >= 0.3 is 0 Å². The Morgan fingerprint density at radius 2 is 1.69 bits per heavy atom. The van der Waals surface area contributed by atoms with Crippen molar-refractivity contribution in [1.29, 1.82) is 0 Å². The highest BCUT2D eigenvalue weighted by Gasteiger charge is 2.26. The largest absolute Gasteiger partial charge is 0.493 e. The molecule has 2 heterocycles. The van der Waals surface area contributed by atoms with Crippen molar-refractivity contribution in [2.24, 2.45) is 0 Å². The van der Waals surface area contributed by atoms with E-state index in [2.05, 4.69) is 41.0 Å². The molecule has 2 aliphatic rings. The molecule has 0 aliphatic carbocycles. The molecule has 0 spiro atoms. The zero-order valence-corrected chi connectivity index (χ0v) is 20.1. The van der Waals surface area contributed by atoms with Gasteiger partial charge in [0.05, 0.1) is 26.5 Å². The van der Waals surface area contributed by atoms with Crippen molar-refractivity contribution >= 4 is 23.4 Å². The van der Waals surface area contributed by atoms with Gasteiger partial charge in [-0.2, -0.15) is 0 Å². The number of carbonyl (C=O) groups is 1. The van der Waals surface area contributed by atoms with Crippen LogP contribution >= 0.6 is 11.8 Å². The summed E-state index contributed by atoms with van der Waals surface area (Å²) in [6.07, 6.45) is 1.02. The third-order valence-corrected chi connectivity index (χ3v) is 7.46. The van der Waals surface area contributed by atoms with Crippen molar-refractivity contribution in [1.82, 2.24) is 9.80 Å². The summed E-state index contributed by atoms with van der Waals surface area (Å²) >= 11 is 1.87. The molecule has 0 N–H and O–H groups in total. The minimum Gasteiger partial charge on any atom is -0.493 e. The van der Waals surface area contributed by atoms with Gasteiger partial charge in [-0.3, -0.25) is 14.6 Å². The molecule has 2 aliphatic heterocycles. The molecule has 7 heteroatoms. The van der Waals surface area contributed by atoms with E-state index in [1.165, 1.54) is 10.5 Å². The summed E-state index contributed by atoms with van der Waals surface area (Å²) in [5, 5.41) is 0.522. The van der Waals surface area contributed by atoms with Crippen LogP contribution in [-0.2, 0) is 11.3 Å². The van der Waals surface area contributed by atoms with E-state index in [0.717, 1.165) is 62.9 Å². The first-order chi connectivity index (χ1) is 15.6. The molecule has 0 aromatic heterocycles. The molecule has 6 nitrogen and oxygen atoms in total. The van der Waals surface area contributed by atoms with Crippen LogP contribution in [0.1, 0.15) is 18.9 Å². The molecule has 32 heavy (non-hydrogen) atoms. The number of para-hydroxylation sites is 1. The van der Waals surface area contributed by atoms with Gasteiger partial charge in [0.25, 0.3) is 0 Å². The summed E-state index contributed by atoms with van der Waals surface area (Å²) in [6, 6.07) is 14.4. The number of anilines is 1. The fourth-order valence-corrected chi connectivity index (χ4v) is 5.48. The first-order valence-corrected chi connectivity index (χ1v) is 12.2. The van der Waals surface area contributed by atoms with Gasteiger partial charge in [-0.05, 0) is 36.2 Å². The number of ether oxygens (including phenoxy) is 2. The monoisotopic (exact) mass is 455 g/mol. The fourth-order valence-electron chi connectivity index (χ4n) is 4.37. The second-order valence-corrected chi connectivity index (χ2v) is 9.95. The molecular weight excluding hydrogens is 422 g/mol. The Balaban J connectivity index is 1.32. The molecule has 0 bridgehead atoms. The summed E-state index contributed by atoms with van der Waals surface area (Å²) < 4.78 is 10.8. The number of fused-ring (bicyclic) bond motifs is 1. The van der Waals surface area contributed by atoms with Gasteiger partial charge in [0.15, 0.2) is 11.5 Å². The van der Waals surface area contributed by atoms with E-state index in [4.69, 9.17) is 9.47 Å². The van der Waals surface area contributed by atoms with Crippen molar-refractivity contribution in [2.75, 3.05) is 58.4 Å². The zero-order chi connectivity index (χ0) is 22.5. The standard InChI is InChI=1S/C25H33N3O3S/c1-19-10-11-28(21-6-4-5-7-24(21)32-19)25(29)18-27-14-12-26(13-15-27)17-20-8-9-22(30-2)23(16-20)31-3/h4-9,16,19H,10-15,17-18H2,1-3H3. The normalized spacial score (nSPS) is 19.8. The maximum atomic E-state index is 13.2. The Hall–Kier alpha value is -2.22. The van der Waals surface area contributed by atoms with Crippen LogP contribution in [0.5, 0.6) is 11.5 Å². The first-order valence-electron chi connectivity index (χ1n) is 11.3. The number of hydrogen-bond donors (Lipinski definition) is 0. The highest BCUT2D eigenvalue weighted by atomic mass is 32.2. The van der Waals surface area contributed by atoms with Gasteiger partial charge in [0.1, 0.15) is 0 Å². The molecule has 2 aromatic rings. The van der Waals surface area contributed by atoms with E-state index in [1.54, 1.807) is 14.2 Å². The number of rotatable bonds is 6. The van der Waals surface area contributed by atoms with E-state index in [0.29, 0.717) is 11.8 Å². The van der Waals surface area contributed by atoms with Gasteiger partial charge in [0, 0.05) is 49.4 Å². The van der Waals surface area contributed by atoms with E-state index < -0.39 is 0 Å². The van der Waals surface area contributed by atoms with Crippen LogP contribution < -0.4 is 14.4 Å². The number of carbonyl (C=O) groups excluding carboxylic acids is 1. The Morgan fingerprint density at radius 3 is 2.44 bits per heavy atom. The lowest BCUT2D eigenvalue weighted by molar-refractivity contribution is -0.120. The van der Waals surface area contributed by atoms with Crippen molar-refractivity contribution < 1.29 is 14.3 Å². The Bertz CT molecular complexity index is 930. The van der Waals surface area contributed by atoms with Crippen LogP contribution in [0.15, 0.2) is 47.4 Å². The molecule has 1 saturated heterocycles. The van der Waals surface area contributed by atoms with Gasteiger partial charge < -0.3 is 14.4 Å². The molecular formula is C25H33N3O3S. The molecule has 1 atom stereocenters. The third-order valence-electron chi connectivity index (χ3n) is 6.22. The lowest BCUT2D eigenvalue weighted by Gasteiger charge is -2.35. The number of thioether (sulfide) groups is 1. The predicted molar refractivity (Wildman–Crippen MR) is 130 cm³/mol. The topological polar surface area (TPSA) is 45.2 Å². The lowest BCUT2D eigenvalue weighted by atomic mass is 10.1. The van der Waals surface area contributed by atoms with Crippen LogP contribution in [0.25, 0.3) is 0 Å². The van der Waals surface area contributed by atoms with E-state index in [9.17, 15) is 4.79 Å². The van der Waals surface area contributed by atoms with Crippen LogP contribution in [0.3, 0.4) is 0 Å². The summed E-state index contributed by atoms with van der Waals surface area (Å²) in [6.45, 7) is 8.10. The highest BCUT2D eigenvalue weighted by molar-refractivity contribution is 8.00. The minimum atomic E-state index is 0.209. The summed E-state index contributed by atoms with van der Waals surface area (Å²) in [5.74, 6) is 1.72. The highest BCUT2D eigenvalue weighted by Crippen LogP contribution is 2.37. The first kappa shape index (κ1) is 23.0. The molecule has 4 rings (SSSR count). The molecule has 1 unspecified atom stereocenters. The average molecular weight is 456 g/mol. The summed E-state index contributed by atoms with van der Waals surface area (Å²) in [5.41, 5.74) is 2.28. The molecule has 1 fully saturated rings. The number of benzene rings is 2. The van der Waals surface area contributed by atoms with Crippen LogP contribution in [-0.4, -0.2) is 74.4 Å². The number of amides is 1. The third kappa shape index (κ3) is 5.39. The van der Waals surface area contributed by atoms with Gasteiger partial charge in [-0.1, -0.05) is 25.1 Å².